The van der Waals surface area contributed by atoms with Gasteiger partial charge in [-0.2, -0.15) is 9.40 Å². The minimum absolute atomic E-state index is 0.0333. The Labute approximate surface area is 160 Å². The number of ether oxygens (including phenoxy) is 1. The van der Waals surface area contributed by atoms with Crippen LogP contribution in [0.3, 0.4) is 0 Å². The number of aromatic nitrogens is 4. The molecule has 1 fully saturated rings. The van der Waals surface area contributed by atoms with Crippen LogP contribution in [-0.4, -0.2) is 64.9 Å². The van der Waals surface area contributed by atoms with E-state index >= 15 is 0 Å². The lowest BCUT2D eigenvalue weighted by atomic mass is 10.0. The van der Waals surface area contributed by atoms with E-state index in [1.807, 2.05) is 0 Å². The van der Waals surface area contributed by atoms with E-state index < -0.39 is 28.1 Å². The summed E-state index contributed by atoms with van der Waals surface area (Å²) in [5.74, 6) is -0.231. The lowest BCUT2D eigenvalue weighted by Crippen LogP contribution is -2.30. The average molecular weight is 411 g/mol. The minimum Gasteiger partial charge on any atom is -0.377 e. The van der Waals surface area contributed by atoms with Crippen LogP contribution in [0, 0.1) is 12.7 Å². The van der Waals surface area contributed by atoms with E-state index in [1.165, 1.54) is 30.3 Å². The second kappa shape index (κ2) is 6.61. The van der Waals surface area contributed by atoms with Gasteiger partial charge < -0.3 is 9.72 Å². The quantitative estimate of drug-likeness (QED) is 0.706. The highest BCUT2D eigenvalue weighted by Crippen LogP contribution is 2.34. The zero-order valence-corrected chi connectivity index (χ0v) is 16.3. The largest absolute Gasteiger partial charge is 0.377 e. The number of halogens is 2. The Hall–Kier alpha value is -2.37. The van der Waals surface area contributed by atoms with Crippen molar-refractivity contribution in [2.24, 2.45) is 7.05 Å². The molecule has 0 saturated carbocycles. The van der Waals surface area contributed by atoms with Gasteiger partial charge in [0.25, 0.3) is 10.0 Å². The summed E-state index contributed by atoms with van der Waals surface area (Å²) in [5, 5.41) is 4.38. The first-order valence-corrected chi connectivity index (χ1v) is 10.0. The second-order valence-electron chi connectivity index (χ2n) is 6.83. The Bertz CT molecular complexity index is 1160. The molecule has 0 unspecified atom stereocenters. The third kappa shape index (κ3) is 2.90. The van der Waals surface area contributed by atoms with Crippen LogP contribution in [-0.2, 0) is 21.8 Å². The molecule has 2 atom stereocenters. The second-order valence-corrected chi connectivity index (χ2v) is 8.73. The summed E-state index contributed by atoms with van der Waals surface area (Å²) in [6.07, 6.45) is -0.743. The lowest BCUT2D eigenvalue weighted by molar-refractivity contribution is 0.0637. The van der Waals surface area contributed by atoms with E-state index in [0.29, 0.717) is 22.3 Å². The fourth-order valence-electron chi connectivity index (χ4n) is 3.51. The lowest BCUT2D eigenvalue weighted by Gasteiger charge is -2.14. The molecule has 11 heteroatoms. The Morgan fingerprint density at radius 2 is 2.07 bits per heavy atom. The monoisotopic (exact) mass is 411 g/mol. The fourth-order valence-corrected chi connectivity index (χ4v) is 4.97. The van der Waals surface area contributed by atoms with Crippen LogP contribution in [0.5, 0.6) is 0 Å². The number of methoxy groups -OCH3 is 1. The Morgan fingerprint density at radius 1 is 1.32 bits per heavy atom. The van der Waals surface area contributed by atoms with Gasteiger partial charge >= 0.3 is 0 Å². The summed E-state index contributed by atoms with van der Waals surface area (Å²) in [6.45, 7) is 1.28. The Kier molecular flexibility index (Phi) is 4.47. The van der Waals surface area contributed by atoms with Gasteiger partial charge in [-0.3, -0.25) is 4.68 Å². The van der Waals surface area contributed by atoms with Crippen molar-refractivity contribution < 1.29 is 21.9 Å². The Balaban J connectivity index is 1.85. The SMILES string of the molecule is CO[C@H]1CN(S(=O)(=O)c2cc3c(-c4ncn(C)n4)c(C)cc(F)c3[nH]2)C[C@H]1F. The summed E-state index contributed by atoms with van der Waals surface area (Å²) in [4.78, 5) is 6.84. The van der Waals surface area contributed by atoms with Crippen molar-refractivity contribution in [1.82, 2.24) is 24.1 Å². The van der Waals surface area contributed by atoms with Gasteiger partial charge in [0.15, 0.2) is 5.82 Å². The molecule has 8 nitrogen and oxygen atoms in total. The summed E-state index contributed by atoms with van der Waals surface area (Å²) in [5.41, 5.74) is 1.14. The van der Waals surface area contributed by atoms with Crippen LogP contribution in [0.1, 0.15) is 5.56 Å². The zero-order valence-electron chi connectivity index (χ0n) is 15.5. The summed E-state index contributed by atoms with van der Waals surface area (Å²) < 4.78 is 62.0. The van der Waals surface area contributed by atoms with Crippen LogP contribution < -0.4 is 0 Å². The van der Waals surface area contributed by atoms with E-state index in [9.17, 15) is 17.2 Å². The maximum absolute atomic E-state index is 14.5. The number of benzene rings is 1. The van der Waals surface area contributed by atoms with E-state index in [0.717, 1.165) is 4.31 Å². The number of sulfonamides is 1. The number of rotatable bonds is 4. The van der Waals surface area contributed by atoms with Crippen molar-refractivity contribution in [3.05, 3.63) is 29.8 Å². The predicted octanol–water partition coefficient (Wildman–Crippen LogP) is 1.77. The van der Waals surface area contributed by atoms with Crippen LogP contribution in [0.2, 0.25) is 0 Å². The third-order valence-corrected chi connectivity index (χ3v) is 6.70. The van der Waals surface area contributed by atoms with Crippen LogP contribution >= 0.6 is 0 Å². The van der Waals surface area contributed by atoms with E-state index in [1.54, 1.807) is 14.0 Å². The molecule has 0 aliphatic carbocycles. The highest BCUT2D eigenvalue weighted by molar-refractivity contribution is 7.89. The van der Waals surface area contributed by atoms with E-state index in [-0.39, 0.29) is 23.6 Å². The molecule has 1 N–H and O–H groups in total. The predicted molar refractivity (Wildman–Crippen MR) is 97.4 cm³/mol. The molecule has 0 amide bonds. The number of nitrogens with one attached hydrogen (secondary N) is 1. The molecule has 3 heterocycles. The first kappa shape index (κ1) is 19.0. The maximum Gasteiger partial charge on any atom is 0.258 e. The van der Waals surface area contributed by atoms with Crippen molar-refractivity contribution in [2.75, 3.05) is 20.2 Å². The topological polar surface area (TPSA) is 93.1 Å². The summed E-state index contributed by atoms with van der Waals surface area (Å²) >= 11 is 0. The van der Waals surface area contributed by atoms with Gasteiger partial charge in [-0.05, 0) is 24.6 Å². The van der Waals surface area contributed by atoms with Crippen LogP contribution in [0.4, 0.5) is 8.78 Å². The number of aryl methyl sites for hydroxylation is 2. The normalized spacial score (nSPS) is 21.0. The van der Waals surface area contributed by atoms with Crippen molar-refractivity contribution in [2.45, 2.75) is 24.2 Å². The van der Waals surface area contributed by atoms with Crippen molar-refractivity contribution in [3.63, 3.8) is 0 Å². The molecule has 1 aliphatic heterocycles. The number of aromatic amines is 1. The molecule has 1 aliphatic rings. The molecule has 150 valence electrons. The van der Waals surface area contributed by atoms with Gasteiger partial charge in [0.1, 0.15) is 29.4 Å². The molecule has 0 bridgehead atoms. The molecule has 0 radical (unpaired) electrons. The fraction of sp³-hybridized carbons (Fsp3) is 0.412. The number of hydrogen-bond donors (Lipinski definition) is 1. The van der Waals surface area contributed by atoms with Gasteiger partial charge in [-0.25, -0.2) is 22.2 Å². The minimum atomic E-state index is -4.05. The number of hydrogen-bond acceptors (Lipinski definition) is 5. The average Bonchev–Trinajstić information content (AvgIpc) is 3.34. The summed E-state index contributed by atoms with van der Waals surface area (Å²) in [6, 6.07) is 2.65. The third-order valence-electron chi connectivity index (χ3n) is 4.95. The molecule has 2 aromatic heterocycles. The van der Waals surface area contributed by atoms with E-state index in [2.05, 4.69) is 15.1 Å². The number of alkyl halides is 1. The molecule has 28 heavy (non-hydrogen) atoms. The first-order valence-electron chi connectivity index (χ1n) is 8.57. The Morgan fingerprint density at radius 3 is 2.68 bits per heavy atom. The summed E-state index contributed by atoms with van der Waals surface area (Å²) in [7, 11) is -1.02. The van der Waals surface area contributed by atoms with Crippen molar-refractivity contribution in [3.8, 4) is 11.4 Å². The molecule has 0 spiro atoms. The molecule has 1 aromatic carbocycles. The zero-order chi connectivity index (χ0) is 20.2. The van der Waals surface area contributed by atoms with Gasteiger partial charge in [0.05, 0.1) is 5.52 Å². The number of fused-ring (bicyclic) bond motifs is 1. The van der Waals surface area contributed by atoms with Crippen LogP contribution in [0.15, 0.2) is 23.5 Å². The van der Waals surface area contributed by atoms with Crippen molar-refractivity contribution >= 4 is 20.9 Å². The number of nitrogens with zero attached hydrogens (tertiary/aromatic N) is 4. The standard InChI is InChI=1S/C17H19F2N5O3S/c1-9-4-11(18)16-10(15(9)17-20-8-23(2)22-17)5-14(21-16)28(25,26)24-6-12(19)13(7-24)27-3/h4-5,8,12-13,21H,6-7H2,1-3H3/t12-,13+/m1/s1. The van der Waals surface area contributed by atoms with Gasteiger partial charge in [-0.15, -0.1) is 0 Å². The molecule has 1 saturated heterocycles. The number of H-pyrrole nitrogens is 1. The smallest absolute Gasteiger partial charge is 0.258 e. The van der Waals surface area contributed by atoms with Gasteiger partial charge in [-0.1, -0.05) is 0 Å². The molecular formula is C17H19F2N5O3S. The van der Waals surface area contributed by atoms with Crippen LogP contribution in [0.25, 0.3) is 22.3 Å². The van der Waals surface area contributed by atoms with E-state index in [4.69, 9.17) is 4.74 Å². The first-order chi connectivity index (χ1) is 13.2. The maximum atomic E-state index is 14.5. The van der Waals surface area contributed by atoms with Gasteiger partial charge in [0, 0.05) is 38.2 Å². The molecule has 4 rings (SSSR count). The molecule has 3 aromatic rings. The molecular weight excluding hydrogens is 392 g/mol. The highest BCUT2D eigenvalue weighted by Gasteiger charge is 2.40. The van der Waals surface area contributed by atoms with Gasteiger partial charge in [0.2, 0.25) is 0 Å². The highest BCUT2D eigenvalue weighted by atomic mass is 32.2. The van der Waals surface area contributed by atoms with Crippen molar-refractivity contribution in [1.29, 1.82) is 0 Å².